The molecule has 0 atom stereocenters. The molecule has 0 radical (unpaired) electrons. The minimum Gasteiger partial charge on any atom is -0.383 e. The summed E-state index contributed by atoms with van der Waals surface area (Å²) in [6.07, 6.45) is 0. The van der Waals surface area contributed by atoms with Crippen LogP contribution in [0.3, 0.4) is 0 Å². The average Bonchev–Trinajstić information content (AvgIpc) is 2.33. The summed E-state index contributed by atoms with van der Waals surface area (Å²) in [5.74, 6) is 0.546. The van der Waals surface area contributed by atoms with Crippen LogP contribution in [0.15, 0.2) is 59.6 Å². The lowest BCUT2D eigenvalue weighted by Crippen LogP contribution is -2.12. The van der Waals surface area contributed by atoms with Crippen LogP contribution >= 0.6 is 22.6 Å². The Kier molecular flexibility index (Phi) is 3.56. The first kappa shape index (κ1) is 11.1. The monoisotopic (exact) mass is 322 g/mol. The molecule has 0 spiro atoms. The van der Waals surface area contributed by atoms with Crippen LogP contribution in [-0.2, 0) is 0 Å². The minimum atomic E-state index is 0.546. The molecule has 2 aromatic rings. The maximum absolute atomic E-state index is 5.94. The molecule has 0 aromatic heterocycles. The molecule has 2 nitrogen and oxygen atoms in total. The van der Waals surface area contributed by atoms with Gasteiger partial charge in [-0.15, -0.1) is 0 Å². The molecule has 0 saturated heterocycles. The smallest absolute Gasteiger partial charge is 0.131 e. The number of amidine groups is 1. The molecule has 16 heavy (non-hydrogen) atoms. The molecular weight excluding hydrogens is 311 g/mol. The zero-order chi connectivity index (χ0) is 11.4. The molecule has 0 unspecified atom stereocenters. The Balaban J connectivity index is 2.36. The Bertz CT molecular complexity index is 506. The molecule has 0 aliphatic carbocycles. The van der Waals surface area contributed by atoms with Gasteiger partial charge in [-0.3, -0.25) is 0 Å². The first-order chi connectivity index (χ1) is 7.77. The molecule has 2 rings (SSSR count). The highest BCUT2D eigenvalue weighted by atomic mass is 127. The predicted molar refractivity (Wildman–Crippen MR) is 76.0 cm³/mol. The van der Waals surface area contributed by atoms with E-state index in [1.807, 2.05) is 54.6 Å². The van der Waals surface area contributed by atoms with E-state index in [4.69, 9.17) is 5.73 Å². The van der Waals surface area contributed by atoms with E-state index >= 15 is 0 Å². The van der Waals surface area contributed by atoms with Crippen LogP contribution in [0.1, 0.15) is 5.56 Å². The predicted octanol–water partition coefficient (Wildman–Crippen LogP) is 3.33. The summed E-state index contributed by atoms with van der Waals surface area (Å²) in [7, 11) is 0. The molecule has 0 bridgehead atoms. The van der Waals surface area contributed by atoms with Crippen molar-refractivity contribution in [3.05, 3.63) is 63.7 Å². The van der Waals surface area contributed by atoms with Crippen LogP contribution in [-0.4, -0.2) is 5.84 Å². The second kappa shape index (κ2) is 5.12. The average molecular weight is 322 g/mol. The highest BCUT2D eigenvalue weighted by Gasteiger charge is 1.99. The Morgan fingerprint density at radius 1 is 0.938 bits per heavy atom. The van der Waals surface area contributed by atoms with Gasteiger partial charge in [-0.05, 0) is 34.7 Å². The van der Waals surface area contributed by atoms with Gasteiger partial charge in [0.15, 0.2) is 0 Å². The van der Waals surface area contributed by atoms with Gasteiger partial charge >= 0.3 is 0 Å². The summed E-state index contributed by atoms with van der Waals surface area (Å²) in [4.78, 5) is 4.42. The quantitative estimate of drug-likeness (QED) is 0.514. The van der Waals surface area contributed by atoms with Crippen LogP contribution in [0.4, 0.5) is 5.69 Å². The number of hydrogen-bond acceptors (Lipinski definition) is 1. The topological polar surface area (TPSA) is 38.4 Å². The van der Waals surface area contributed by atoms with Gasteiger partial charge in [0.1, 0.15) is 5.84 Å². The van der Waals surface area contributed by atoms with E-state index in [0.717, 1.165) is 14.8 Å². The zero-order valence-corrected chi connectivity index (χ0v) is 10.8. The summed E-state index contributed by atoms with van der Waals surface area (Å²) in [5.41, 5.74) is 7.80. The van der Waals surface area contributed by atoms with Crippen molar-refractivity contribution in [3.8, 4) is 0 Å². The summed E-state index contributed by atoms with van der Waals surface area (Å²) in [6, 6.07) is 17.7. The van der Waals surface area contributed by atoms with Gasteiger partial charge in [0.05, 0.1) is 5.69 Å². The molecule has 0 heterocycles. The van der Waals surface area contributed by atoms with Crippen LogP contribution in [0.2, 0.25) is 0 Å². The number of aliphatic imine (C=N–C) groups is 1. The van der Waals surface area contributed by atoms with Gasteiger partial charge in [0.25, 0.3) is 0 Å². The zero-order valence-electron chi connectivity index (χ0n) is 8.60. The number of rotatable bonds is 2. The standard InChI is InChI=1S/C13H11IN2/c14-11-8-4-5-9-12(11)16-13(15)10-6-2-1-3-7-10/h1-9H,(H2,15,16). The lowest BCUT2D eigenvalue weighted by Gasteiger charge is -2.02. The number of nitrogens with two attached hydrogens (primary N) is 1. The summed E-state index contributed by atoms with van der Waals surface area (Å²) in [6.45, 7) is 0. The van der Waals surface area contributed by atoms with Gasteiger partial charge in [-0.25, -0.2) is 4.99 Å². The van der Waals surface area contributed by atoms with Gasteiger partial charge in [-0.2, -0.15) is 0 Å². The largest absolute Gasteiger partial charge is 0.383 e. The van der Waals surface area contributed by atoms with Crippen molar-refractivity contribution in [3.63, 3.8) is 0 Å². The van der Waals surface area contributed by atoms with E-state index in [0.29, 0.717) is 5.84 Å². The van der Waals surface area contributed by atoms with Crippen molar-refractivity contribution < 1.29 is 0 Å². The summed E-state index contributed by atoms with van der Waals surface area (Å²) >= 11 is 2.25. The van der Waals surface area contributed by atoms with E-state index in [1.54, 1.807) is 0 Å². The number of hydrogen-bond donors (Lipinski definition) is 1. The van der Waals surface area contributed by atoms with Crippen LogP contribution in [0, 0.1) is 3.57 Å². The summed E-state index contributed by atoms with van der Waals surface area (Å²) < 4.78 is 1.10. The number of para-hydroxylation sites is 1. The fourth-order valence-electron chi connectivity index (χ4n) is 1.35. The molecule has 2 aromatic carbocycles. The van der Waals surface area contributed by atoms with E-state index in [9.17, 15) is 0 Å². The molecule has 3 heteroatoms. The summed E-state index contributed by atoms with van der Waals surface area (Å²) in [5, 5.41) is 0. The SMILES string of the molecule is NC(=Nc1ccccc1I)c1ccccc1. The molecule has 2 N–H and O–H groups in total. The van der Waals surface area contributed by atoms with E-state index < -0.39 is 0 Å². The number of benzene rings is 2. The highest BCUT2D eigenvalue weighted by molar-refractivity contribution is 14.1. The molecule has 0 saturated carbocycles. The highest BCUT2D eigenvalue weighted by Crippen LogP contribution is 2.20. The molecule has 0 aliphatic rings. The second-order valence-electron chi connectivity index (χ2n) is 3.31. The Labute approximate surface area is 108 Å². The number of halogens is 1. The second-order valence-corrected chi connectivity index (χ2v) is 4.48. The Morgan fingerprint density at radius 3 is 2.25 bits per heavy atom. The van der Waals surface area contributed by atoms with Gasteiger partial charge in [-0.1, -0.05) is 42.5 Å². The third kappa shape index (κ3) is 2.61. The molecule has 0 amide bonds. The van der Waals surface area contributed by atoms with Crippen molar-refractivity contribution in [1.82, 2.24) is 0 Å². The fourth-order valence-corrected chi connectivity index (χ4v) is 1.85. The third-order valence-electron chi connectivity index (χ3n) is 2.16. The first-order valence-electron chi connectivity index (χ1n) is 4.91. The van der Waals surface area contributed by atoms with Crippen LogP contribution in [0.25, 0.3) is 0 Å². The van der Waals surface area contributed by atoms with Crippen molar-refractivity contribution >= 4 is 34.1 Å². The van der Waals surface area contributed by atoms with Gasteiger partial charge in [0, 0.05) is 9.13 Å². The van der Waals surface area contributed by atoms with Gasteiger partial charge in [0.2, 0.25) is 0 Å². The van der Waals surface area contributed by atoms with Crippen molar-refractivity contribution in [2.24, 2.45) is 10.7 Å². The maximum atomic E-state index is 5.94. The normalized spacial score (nSPS) is 11.4. The first-order valence-corrected chi connectivity index (χ1v) is 5.99. The maximum Gasteiger partial charge on any atom is 0.131 e. The molecule has 80 valence electrons. The Morgan fingerprint density at radius 2 is 1.56 bits per heavy atom. The van der Waals surface area contributed by atoms with E-state index in [1.165, 1.54) is 0 Å². The van der Waals surface area contributed by atoms with Crippen molar-refractivity contribution in [1.29, 1.82) is 0 Å². The number of nitrogens with zero attached hydrogens (tertiary/aromatic N) is 1. The Hall–Kier alpha value is -1.36. The fraction of sp³-hybridized carbons (Fsp3) is 0. The van der Waals surface area contributed by atoms with Crippen molar-refractivity contribution in [2.75, 3.05) is 0 Å². The lowest BCUT2D eigenvalue weighted by molar-refractivity contribution is 1.43. The molecular formula is C13H11IN2. The van der Waals surface area contributed by atoms with Gasteiger partial charge < -0.3 is 5.73 Å². The molecule has 0 fully saturated rings. The van der Waals surface area contributed by atoms with Crippen LogP contribution in [0.5, 0.6) is 0 Å². The van der Waals surface area contributed by atoms with E-state index in [-0.39, 0.29) is 0 Å². The lowest BCUT2D eigenvalue weighted by atomic mass is 10.2. The molecule has 0 aliphatic heterocycles. The van der Waals surface area contributed by atoms with Crippen LogP contribution < -0.4 is 5.73 Å². The third-order valence-corrected chi connectivity index (χ3v) is 3.08. The van der Waals surface area contributed by atoms with Crippen molar-refractivity contribution in [2.45, 2.75) is 0 Å². The minimum absolute atomic E-state index is 0.546. The van der Waals surface area contributed by atoms with E-state index in [2.05, 4.69) is 27.6 Å².